The lowest BCUT2D eigenvalue weighted by Gasteiger charge is -2.02. The average molecular weight is 405 g/mol. The maximum absolute atomic E-state index is 12.7. The number of rotatable bonds is 2. The molecule has 0 spiro atoms. The van der Waals surface area contributed by atoms with Crippen LogP contribution in [0.4, 0.5) is 0 Å². The second-order valence-corrected chi connectivity index (χ2v) is 8.59. The predicted octanol–water partition coefficient (Wildman–Crippen LogP) is 3.78. The Morgan fingerprint density at radius 3 is 2.48 bits per heavy atom. The summed E-state index contributed by atoms with van der Waals surface area (Å²) >= 11 is 10.0. The van der Waals surface area contributed by atoms with E-state index < -0.39 is 9.84 Å². The number of fused-ring (bicyclic) bond motifs is 1. The normalized spacial score (nSPS) is 11.9. The molecule has 1 aromatic carbocycles. The van der Waals surface area contributed by atoms with Crippen molar-refractivity contribution in [2.75, 3.05) is 0 Å². The molecule has 0 aliphatic carbocycles. The largest absolute Gasteiger partial charge is 0.618 e. The third-order valence-electron chi connectivity index (χ3n) is 2.89. The van der Waals surface area contributed by atoms with Gasteiger partial charge in [-0.05, 0) is 46.3 Å². The van der Waals surface area contributed by atoms with Crippen LogP contribution in [0, 0.1) is 5.21 Å². The minimum absolute atomic E-state index is 0.107. The number of aromatic nitrogens is 1. The van der Waals surface area contributed by atoms with Gasteiger partial charge in [-0.15, -0.1) is 0 Å². The number of hydrogen-bond donors (Lipinski definition) is 0. The molecule has 0 fully saturated rings. The Morgan fingerprint density at radius 1 is 1.19 bits per heavy atom. The second kappa shape index (κ2) is 5.24. The zero-order chi connectivity index (χ0) is 15.2. The molecule has 0 N–H and O–H groups in total. The summed E-state index contributed by atoms with van der Waals surface area (Å²) in [6.45, 7) is 0. The van der Waals surface area contributed by atoms with Crippen molar-refractivity contribution in [2.24, 2.45) is 0 Å². The molecule has 8 heteroatoms. The topological polar surface area (TPSA) is 61.1 Å². The third kappa shape index (κ3) is 2.44. The third-order valence-corrected chi connectivity index (χ3v) is 7.96. The van der Waals surface area contributed by atoms with Crippen molar-refractivity contribution in [3.05, 3.63) is 57.3 Å². The van der Waals surface area contributed by atoms with Gasteiger partial charge in [0.1, 0.15) is 4.21 Å². The van der Waals surface area contributed by atoms with E-state index >= 15 is 0 Å². The van der Waals surface area contributed by atoms with Crippen LogP contribution in [0.15, 0.2) is 56.2 Å². The van der Waals surface area contributed by atoms with E-state index in [0.29, 0.717) is 24.4 Å². The van der Waals surface area contributed by atoms with E-state index in [9.17, 15) is 13.6 Å². The van der Waals surface area contributed by atoms with Crippen LogP contribution in [0.3, 0.4) is 0 Å². The summed E-state index contributed by atoms with van der Waals surface area (Å²) in [5, 5.41) is 12.8. The van der Waals surface area contributed by atoms with Gasteiger partial charge in [0.2, 0.25) is 9.84 Å². The molecule has 0 bridgehead atoms. The monoisotopic (exact) mass is 403 g/mol. The van der Waals surface area contributed by atoms with Gasteiger partial charge in [-0.3, -0.25) is 0 Å². The van der Waals surface area contributed by atoms with Gasteiger partial charge in [0.25, 0.3) is 4.83 Å². The Hall–Kier alpha value is -1.15. The average Bonchev–Trinajstić information content (AvgIpc) is 2.79. The Bertz CT molecular complexity index is 936. The van der Waals surface area contributed by atoms with E-state index in [1.165, 1.54) is 30.5 Å². The zero-order valence-corrected chi connectivity index (χ0v) is 14.3. The maximum Gasteiger partial charge on any atom is 0.282 e. The lowest BCUT2D eigenvalue weighted by atomic mass is 10.3. The molecule has 2 aromatic heterocycles. The molecule has 4 nitrogen and oxygen atoms in total. The fraction of sp³-hybridized carbons (Fsp3) is 0. The van der Waals surface area contributed by atoms with Crippen LogP contribution in [-0.2, 0) is 9.84 Å². The van der Waals surface area contributed by atoms with Crippen LogP contribution in [0.1, 0.15) is 0 Å². The van der Waals surface area contributed by atoms with Crippen molar-refractivity contribution in [1.82, 2.24) is 0 Å². The SMILES string of the molecule is O=S(=O)(c1ccc(Cl)cc1)c1sc2c(ccc[n+]2[O-])c1Br. The molecule has 0 radical (unpaired) electrons. The molecule has 0 amide bonds. The van der Waals surface area contributed by atoms with E-state index in [0.717, 1.165) is 11.3 Å². The van der Waals surface area contributed by atoms with Gasteiger partial charge < -0.3 is 5.21 Å². The number of nitrogens with zero attached hydrogens (tertiary/aromatic N) is 1. The molecule has 0 atom stereocenters. The van der Waals surface area contributed by atoms with Gasteiger partial charge in [0.05, 0.1) is 14.8 Å². The number of hydrogen-bond acceptors (Lipinski definition) is 4. The Morgan fingerprint density at radius 2 is 1.86 bits per heavy atom. The minimum Gasteiger partial charge on any atom is -0.618 e. The van der Waals surface area contributed by atoms with Crippen molar-refractivity contribution in [3.8, 4) is 0 Å². The first-order chi connectivity index (χ1) is 9.91. The molecule has 3 rings (SSSR count). The molecular formula is C13H7BrClNO3S2. The van der Waals surface area contributed by atoms with Crippen LogP contribution in [0.25, 0.3) is 10.2 Å². The van der Waals surface area contributed by atoms with Gasteiger partial charge in [0.15, 0.2) is 6.20 Å². The molecule has 0 saturated heterocycles. The molecule has 3 aromatic rings. The second-order valence-electron chi connectivity index (χ2n) is 4.21. The molecule has 0 aliphatic heterocycles. The van der Waals surface area contributed by atoms with E-state index in [1.54, 1.807) is 12.1 Å². The Kier molecular flexibility index (Phi) is 3.69. The smallest absolute Gasteiger partial charge is 0.282 e. The predicted molar refractivity (Wildman–Crippen MR) is 85.4 cm³/mol. The van der Waals surface area contributed by atoms with E-state index in [-0.39, 0.29) is 9.10 Å². The van der Waals surface area contributed by atoms with E-state index in [1.807, 2.05) is 0 Å². The molecule has 2 heterocycles. The van der Waals surface area contributed by atoms with Crippen LogP contribution in [0.5, 0.6) is 0 Å². The van der Waals surface area contributed by atoms with Crippen molar-refractivity contribution in [2.45, 2.75) is 9.10 Å². The molecule has 0 aliphatic rings. The molecule has 108 valence electrons. The first-order valence-electron chi connectivity index (χ1n) is 5.72. The van der Waals surface area contributed by atoms with Gasteiger partial charge in [0, 0.05) is 11.1 Å². The first-order valence-corrected chi connectivity index (χ1v) is 9.19. The number of benzene rings is 1. The summed E-state index contributed by atoms with van der Waals surface area (Å²) in [7, 11) is -3.70. The summed E-state index contributed by atoms with van der Waals surface area (Å²) in [6, 6.07) is 9.20. The lowest BCUT2D eigenvalue weighted by Crippen LogP contribution is -2.24. The van der Waals surface area contributed by atoms with E-state index in [4.69, 9.17) is 11.6 Å². The first kappa shape index (κ1) is 14.8. The molecular weight excluding hydrogens is 398 g/mol. The molecule has 0 saturated carbocycles. The van der Waals surface area contributed by atoms with Gasteiger partial charge >= 0.3 is 0 Å². The summed E-state index contributed by atoms with van der Waals surface area (Å²) in [5.41, 5.74) is 0. The summed E-state index contributed by atoms with van der Waals surface area (Å²) in [4.78, 5) is 0.480. The van der Waals surface area contributed by atoms with Crippen LogP contribution in [0.2, 0.25) is 5.02 Å². The zero-order valence-electron chi connectivity index (χ0n) is 10.3. The van der Waals surface area contributed by atoms with Gasteiger partial charge in [-0.25, -0.2) is 8.42 Å². The maximum atomic E-state index is 12.7. The highest BCUT2D eigenvalue weighted by Gasteiger charge is 2.27. The number of sulfone groups is 1. The molecule has 0 unspecified atom stereocenters. The highest BCUT2D eigenvalue weighted by molar-refractivity contribution is 9.10. The van der Waals surface area contributed by atoms with Crippen molar-refractivity contribution >= 4 is 58.9 Å². The van der Waals surface area contributed by atoms with Crippen LogP contribution in [-0.4, -0.2) is 8.42 Å². The highest BCUT2D eigenvalue weighted by Crippen LogP contribution is 2.39. The van der Waals surface area contributed by atoms with Crippen LogP contribution < -0.4 is 4.73 Å². The fourth-order valence-corrected chi connectivity index (χ4v) is 6.16. The highest BCUT2D eigenvalue weighted by atomic mass is 79.9. The molecule has 21 heavy (non-hydrogen) atoms. The summed E-state index contributed by atoms with van der Waals surface area (Å²) in [6.07, 6.45) is 1.34. The summed E-state index contributed by atoms with van der Waals surface area (Å²) in [5.74, 6) is 0. The van der Waals surface area contributed by atoms with Gasteiger partial charge in [-0.2, -0.15) is 4.73 Å². The van der Waals surface area contributed by atoms with Crippen molar-refractivity contribution in [1.29, 1.82) is 0 Å². The number of pyridine rings is 1. The van der Waals surface area contributed by atoms with E-state index in [2.05, 4.69) is 15.9 Å². The number of halogens is 2. The standard InChI is InChI=1S/C13H7BrClNO3S2/c14-11-10-2-1-7-16(17)12(10)20-13(11)21(18,19)9-5-3-8(15)4-6-9/h1-7H. The van der Waals surface area contributed by atoms with Crippen LogP contribution >= 0.6 is 38.9 Å². The fourth-order valence-electron chi connectivity index (χ4n) is 1.88. The number of thiophene rings is 1. The quantitative estimate of drug-likeness (QED) is 0.482. The van der Waals surface area contributed by atoms with Crippen molar-refractivity contribution in [3.63, 3.8) is 0 Å². The lowest BCUT2D eigenvalue weighted by molar-refractivity contribution is -0.574. The van der Waals surface area contributed by atoms with Crippen molar-refractivity contribution < 1.29 is 13.1 Å². The van der Waals surface area contributed by atoms with Gasteiger partial charge in [-0.1, -0.05) is 22.9 Å². The Labute approximate surface area is 138 Å². The Balaban J connectivity index is 2.26. The summed E-state index contributed by atoms with van der Waals surface area (Å²) < 4.78 is 26.5. The minimum atomic E-state index is -3.70.